The van der Waals surface area contributed by atoms with Crippen molar-refractivity contribution >= 4 is 36.4 Å². The second-order valence-corrected chi connectivity index (χ2v) is 6.83. The largest absolute Gasteiger partial charge is 0.497 e. The van der Waals surface area contributed by atoms with Gasteiger partial charge in [-0.2, -0.15) is 0 Å². The number of ether oxygens (including phenoxy) is 1. The fourth-order valence-corrected chi connectivity index (χ4v) is 3.39. The van der Waals surface area contributed by atoms with Crippen molar-refractivity contribution in [2.24, 2.45) is 11.7 Å². The van der Waals surface area contributed by atoms with Crippen LogP contribution in [0.3, 0.4) is 0 Å². The Bertz CT molecular complexity index is 731. The fraction of sp³-hybridized carbons (Fsp3) is 0.381. The summed E-state index contributed by atoms with van der Waals surface area (Å²) in [5.74, 6) is 1.34. The molecule has 3 rings (SSSR count). The third-order valence-corrected chi connectivity index (χ3v) is 4.93. The molecule has 28 heavy (non-hydrogen) atoms. The Balaban J connectivity index is 0.00000196. The molecule has 7 heteroatoms. The van der Waals surface area contributed by atoms with E-state index in [0.717, 1.165) is 30.8 Å². The van der Waals surface area contributed by atoms with Gasteiger partial charge in [0.25, 0.3) is 0 Å². The second kappa shape index (κ2) is 11.8. The van der Waals surface area contributed by atoms with Crippen LogP contribution in [-0.2, 0) is 4.79 Å². The summed E-state index contributed by atoms with van der Waals surface area (Å²) in [7, 11) is 1.68. The summed E-state index contributed by atoms with van der Waals surface area (Å²) in [6.45, 7) is 2.64. The van der Waals surface area contributed by atoms with Crippen LogP contribution in [0.2, 0.25) is 0 Å². The van der Waals surface area contributed by atoms with Crippen LogP contribution in [0.25, 0.3) is 0 Å². The maximum absolute atomic E-state index is 12.2. The summed E-state index contributed by atoms with van der Waals surface area (Å²) in [6, 6.07) is 17.6. The van der Waals surface area contributed by atoms with Crippen LogP contribution < -0.4 is 20.7 Å². The van der Waals surface area contributed by atoms with Gasteiger partial charge in [0.2, 0.25) is 5.91 Å². The maximum Gasteiger partial charge on any atom is 0.221 e. The van der Waals surface area contributed by atoms with Crippen molar-refractivity contribution in [1.29, 1.82) is 0 Å². The van der Waals surface area contributed by atoms with Crippen molar-refractivity contribution in [2.75, 3.05) is 31.6 Å². The van der Waals surface area contributed by atoms with E-state index in [1.807, 2.05) is 42.5 Å². The molecule has 2 aromatic rings. The topological polar surface area (TPSA) is 67.6 Å². The van der Waals surface area contributed by atoms with Crippen molar-refractivity contribution in [3.63, 3.8) is 0 Å². The van der Waals surface area contributed by atoms with E-state index in [1.54, 1.807) is 7.11 Å². The highest BCUT2D eigenvalue weighted by Gasteiger charge is 2.23. The molecule has 2 aromatic carbocycles. The Morgan fingerprint density at radius 1 is 1.21 bits per heavy atom. The monoisotopic (exact) mass is 425 g/mol. The zero-order valence-electron chi connectivity index (χ0n) is 16.0. The highest BCUT2D eigenvalue weighted by atomic mass is 35.5. The van der Waals surface area contributed by atoms with Gasteiger partial charge in [0, 0.05) is 43.9 Å². The summed E-state index contributed by atoms with van der Waals surface area (Å²) >= 11 is 0. The molecule has 0 aliphatic carbocycles. The van der Waals surface area contributed by atoms with Gasteiger partial charge in [-0.05, 0) is 30.0 Å². The van der Waals surface area contributed by atoms with E-state index in [0.29, 0.717) is 18.9 Å². The Labute approximate surface area is 179 Å². The average molecular weight is 426 g/mol. The number of anilines is 1. The molecule has 1 amide bonds. The minimum Gasteiger partial charge on any atom is -0.497 e. The van der Waals surface area contributed by atoms with Gasteiger partial charge in [-0.25, -0.2) is 0 Å². The summed E-state index contributed by atoms with van der Waals surface area (Å²) < 4.78 is 5.30. The lowest BCUT2D eigenvalue weighted by atomic mass is 10.0. The average Bonchev–Trinajstić information content (AvgIpc) is 3.16. The molecule has 154 valence electrons. The molecule has 2 unspecified atom stereocenters. The van der Waals surface area contributed by atoms with Crippen LogP contribution in [-0.4, -0.2) is 32.7 Å². The highest BCUT2D eigenvalue weighted by Crippen LogP contribution is 2.26. The molecule has 1 heterocycles. The number of hydrogen-bond acceptors (Lipinski definition) is 4. The first-order valence-electron chi connectivity index (χ1n) is 9.12. The Morgan fingerprint density at radius 2 is 1.96 bits per heavy atom. The molecule has 1 aliphatic rings. The minimum absolute atomic E-state index is 0. The van der Waals surface area contributed by atoms with Crippen LogP contribution in [0.15, 0.2) is 54.6 Å². The van der Waals surface area contributed by atoms with Crippen LogP contribution in [0.4, 0.5) is 5.69 Å². The van der Waals surface area contributed by atoms with E-state index in [2.05, 4.69) is 22.3 Å². The van der Waals surface area contributed by atoms with E-state index in [-0.39, 0.29) is 36.8 Å². The molecular weight excluding hydrogens is 397 g/mol. The number of methoxy groups -OCH3 is 1. The van der Waals surface area contributed by atoms with Gasteiger partial charge in [0.05, 0.1) is 7.11 Å². The third-order valence-electron chi connectivity index (χ3n) is 4.93. The number of benzene rings is 2. The van der Waals surface area contributed by atoms with E-state index in [1.165, 1.54) is 5.69 Å². The number of hydrogen-bond donors (Lipinski definition) is 2. The summed E-state index contributed by atoms with van der Waals surface area (Å²) in [6.07, 6.45) is 1.39. The van der Waals surface area contributed by atoms with Crippen molar-refractivity contribution in [2.45, 2.75) is 18.9 Å². The molecule has 3 N–H and O–H groups in total. The van der Waals surface area contributed by atoms with E-state index < -0.39 is 0 Å². The van der Waals surface area contributed by atoms with E-state index in [4.69, 9.17) is 10.5 Å². The first kappa shape index (κ1) is 24.1. The number of nitrogens with two attached hydrogens (primary N) is 1. The minimum atomic E-state index is -0.256. The maximum atomic E-state index is 12.2. The number of amides is 1. The first-order valence-corrected chi connectivity index (χ1v) is 9.12. The lowest BCUT2D eigenvalue weighted by Crippen LogP contribution is -2.32. The van der Waals surface area contributed by atoms with Crippen LogP contribution in [0, 0.1) is 5.92 Å². The molecule has 1 saturated heterocycles. The molecule has 0 bridgehead atoms. The molecular formula is C21H29Cl2N3O2. The van der Waals surface area contributed by atoms with Crippen molar-refractivity contribution in [3.05, 3.63) is 60.2 Å². The van der Waals surface area contributed by atoms with Gasteiger partial charge >= 0.3 is 0 Å². The van der Waals surface area contributed by atoms with Gasteiger partial charge in [0.1, 0.15) is 5.75 Å². The number of nitrogens with one attached hydrogen (secondary N) is 1. The SMILES string of the molecule is COc1cccc(N2CCC(CNC(=O)CC(N)c3ccccc3)C2)c1.Cl.Cl. The van der Waals surface area contributed by atoms with E-state index in [9.17, 15) is 4.79 Å². The molecule has 1 aliphatic heterocycles. The van der Waals surface area contributed by atoms with Crippen molar-refractivity contribution in [1.82, 2.24) is 5.32 Å². The first-order chi connectivity index (χ1) is 12.7. The van der Waals surface area contributed by atoms with Crippen molar-refractivity contribution in [3.8, 4) is 5.75 Å². The summed E-state index contributed by atoms with van der Waals surface area (Å²) in [5, 5.41) is 3.05. The smallest absolute Gasteiger partial charge is 0.221 e. The predicted molar refractivity (Wildman–Crippen MR) is 119 cm³/mol. The summed E-state index contributed by atoms with van der Waals surface area (Å²) in [4.78, 5) is 14.5. The van der Waals surface area contributed by atoms with Crippen LogP contribution >= 0.6 is 24.8 Å². The molecule has 0 aromatic heterocycles. The lowest BCUT2D eigenvalue weighted by molar-refractivity contribution is -0.121. The third kappa shape index (κ3) is 6.59. The van der Waals surface area contributed by atoms with Crippen LogP contribution in [0.5, 0.6) is 5.75 Å². The van der Waals surface area contributed by atoms with Gasteiger partial charge in [-0.15, -0.1) is 24.8 Å². The van der Waals surface area contributed by atoms with Gasteiger partial charge in [-0.1, -0.05) is 36.4 Å². The quantitative estimate of drug-likeness (QED) is 0.711. The Kier molecular flexibility index (Phi) is 10.1. The second-order valence-electron chi connectivity index (χ2n) is 6.83. The number of carbonyl (C=O) groups excluding carboxylic acids is 1. The van der Waals surface area contributed by atoms with Crippen LogP contribution in [0.1, 0.15) is 24.4 Å². The molecule has 0 radical (unpaired) electrons. The fourth-order valence-electron chi connectivity index (χ4n) is 3.39. The van der Waals surface area contributed by atoms with E-state index >= 15 is 0 Å². The lowest BCUT2D eigenvalue weighted by Gasteiger charge is -2.19. The number of nitrogens with zero attached hydrogens (tertiary/aromatic N) is 1. The predicted octanol–water partition coefficient (Wildman–Crippen LogP) is 3.57. The molecule has 1 fully saturated rings. The normalized spacial score (nSPS) is 16.5. The number of halogens is 2. The summed E-state index contributed by atoms with van der Waals surface area (Å²) in [5.41, 5.74) is 8.29. The molecule has 0 saturated carbocycles. The molecule has 0 spiro atoms. The van der Waals surface area contributed by atoms with Gasteiger partial charge in [-0.3, -0.25) is 4.79 Å². The molecule has 5 nitrogen and oxygen atoms in total. The Morgan fingerprint density at radius 3 is 2.68 bits per heavy atom. The highest BCUT2D eigenvalue weighted by molar-refractivity contribution is 5.85. The zero-order valence-corrected chi connectivity index (χ0v) is 17.7. The van der Waals surface area contributed by atoms with Crippen molar-refractivity contribution < 1.29 is 9.53 Å². The molecule has 2 atom stereocenters. The zero-order chi connectivity index (χ0) is 18.4. The number of rotatable bonds is 7. The number of carbonyl (C=O) groups is 1. The van der Waals surface area contributed by atoms with Gasteiger partial charge in [0.15, 0.2) is 0 Å². The standard InChI is InChI=1S/C21H27N3O2.2ClH/c1-26-19-9-5-8-18(12-19)24-11-10-16(15-24)14-23-21(25)13-20(22)17-6-3-2-4-7-17;;/h2-9,12,16,20H,10-11,13-15,22H2,1H3,(H,23,25);2*1H. The van der Waals surface area contributed by atoms with Gasteiger partial charge < -0.3 is 20.7 Å². The Hall–Kier alpha value is -1.95.